The maximum atomic E-state index is 3.47. The van der Waals surface area contributed by atoms with Gasteiger partial charge in [-0.05, 0) is 52.1 Å². The molecule has 17 heavy (non-hydrogen) atoms. The lowest BCUT2D eigenvalue weighted by Crippen LogP contribution is -2.40. The summed E-state index contributed by atoms with van der Waals surface area (Å²) in [7, 11) is 0. The molecular weight excluding hydrogens is 210 g/mol. The molecule has 100 valence electrons. The Morgan fingerprint density at radius 1 is 1.24 bits per heavy atom. The van der Waals surface area contributed by atoms with Crippen molar-refractivity contribution in [2.24, 2.45) is 5.92 Å². The van der Waals surface area contributed by atoms with Gasteiger partial charge in [-0.15, -0.1) is 0 Å². The molecule has 0 amide bonds. The van der Waals surface area contributed by atoms with Crippen LogP contribution < -0.4 is 5.32 Å². The van der Waals surface area contributed by atoms with E-state index in [1.807, 2.05) is 0 Å². The van der Waals surface area contributed by atoms with Gasteiger partial charge in [0.2, 0.25) is 0 Å². The van der Waals surface area contributed by atoms with Gasteiger partial charge in [-0.1, -0.05) is 0 Å². The molecule has 0 radical (unpaired) electrons. The number of rotatable bonds is 6. The van der Waals surface area contributed by atoms with Gasteiger partial charge >= 0.3 is 0 Å². The molecule has 1 heterocycles. The molecule has 1 saturated heterocycles. The van der Waals surface area contributed by atoms with Gasteiger partial charge in [0.1, 0.15) is 0 Å². The molecule has 2 fully saturated rings. The van der Waals surface area contributed by atoms with Gasteiger partial charge in [0.15, 0.2) is 0 Å². The van der Waals surface area contributed by atoms with E-state index in [-0.39, 0.29) is 0 Å². The van der Waals surface area contributed by atoms with Gasteiger partial charge in [0.05, 0.1) is 0 Å². The second kappa shape index (κ2) is 6.72. The van der Waals surface area contributed by atoms with E-state index < -0.39 is 0 Å². The third kappa shape index (κ3) is 4.94. The van der Waals surface area contributed by atoms with Crippen molar-refractivity contribution in [3.05, 3.63) is 0 Å². The maximum Gasteiger partial charge on any atom is 0.0112 e. The Bertz CT molecular complexity index is 206. The van der Waals surface area contributed by atoms with Crippen molar-refractivity contribution in [1.29, 1.82) is 0 Å². The summed E-state index contributed by atoms with van der Waals surface area (Å²) >= 11 is 0. The zero-order valence-electron chi connectivity index (χ0n) is 11.6. The Morgan fingerprint density at radius 2 is 2.06 bits per heavy atom. The predicted molar refractivity (Wildman–Crippen MR) is 73.4 cm³/mol. The van der Waals surface area contributed by atoms with Gasteiger partial charge < -0.3 is 10.2 Å². The normalized spacial score (nSPS) is 23.3. The summed E-state index contributed by atoms with van der Waals surface area (Å²) in [6.45, 7) is 13.4. The largest absolute Gasteiger partial charge is 0.315 e. The minimum absolute atomic E-state index is 0.709. The molecule has 0 atom stereocenters. The second-order valence-corrected chi connectivity index (χ2v) is 5.98. The molecule has 2 aliphatic rings. The highest BCUT2D eigenvalue weighted by Crippen LogP contribution is 2.30. The molecule has 0 aromatic heterocycles. The first-order valence-corrected chi connectivity index (χ1v) is 7.43. The molecule has 0 aromatic rings. The van der Waals surface area contributed by atoms with Crippen molar-refractivity contribution in [1.82, 2.24) is 15.1 Å². The minimum atomic E-state index is 0.709. The van der Waals surface area contributed by atoms with Crippen molar-refractivity contribution in [3.8, 4) is 0 Å². The van der Waals surface area contributed by atoms with Crippen LogP contribution in [-0.4, -0.2) is 61.7 Å². The lowest BCUT2D eigenvalue weighted by atomic mass is 10.2. The summed E-state index contributed by atoms with van der Waals surface area (Å²) in [5, 5.41) is 3.47. The van der Waals surface area contributed by atoms with Gasteiger partial charge in [-0.2, -0.15) is 0 Å². The molecule has 0 bridgehead atoms. The van der Waals surface area contributed by atoms with Crippen LogP contribution in [0.25, 0.3) is 0 Å². The lowest BCUT2D eigenvalue weighted by molar-refractivity contribution is 0.173. The van der Waals surface area contributed by atoms with Crippen LogP contribution in [0.1, 0.15) is 33.1 Å². The average molecular weight is 239 g/mol. The van der Waals surface area contributed by atoms with E-state index in [0.29, 0.717) is 6.04 Å². The van der Waals surface area contributed by atoms with E-state index in [2.05, 4.69) is 29.0 Å². The summed E-state index contributed by atoms with van der Waals surface area (Å²) in [6.07, 6.45) is 4.25. The quantitative estimate of drug-likeness (QED) is 0.756. The van der Waals surface area contributed by atoms with Gasteiger partial charge in [-0.3, -0.25) is 4.90 Å². The van der Waals surface area contributed by atoms with Crippen LogP contribution in [0.4, 0.5) is 0 Å². The summed E-state index contributed by atoms with van der Waals surface area (Å²) in [5.74, 6) is 1.02. The Balaban J connectivity index is 1.69. The van der Waals surface area contributed by atoms with Crippen molar-refractivity contribution in [2.45, 2.75) is 39.2 Å². The lowest BCUT2D eigenvalue weighted by Gasteiger charge is -2.29. The highest BCUT2D eigenvalue weighted by atomic mass is 15.2. The van der Waals surface area contributed by atoms with Crippen molar-refractivity contribution >= 4 is 0 Å². The zero-order valence-corrected chi connectivity index (χ0v) is 11.6. The molecule has 1 aliphatic heterocycles. The fourth-order valence-corrected chi connectivity index (χ4v) is 2.59. The maximum absolute atomic E-state index is 3.47. The highest BCUT2D eigenvalue weighted by Gasteiger charge is 2.25. The Labute approximate surface area is 107 Å². The van der Waals surface area contributed by atoms with Crippen molar-refractivity contribution in [2.75, 3.05) is 45.8 Å². The Morgan fingerprint density at radius 3 is 2.76 bits per heavy atom. The molecule has 1 saturated carbocycles. The van der Waals surface area contributed by atoms with E-state index >= 15 is 0 Å². The third-order valence-corrected chi connectivity index (χ3v) is 4.06. The number of nitrogens with one attached hydrogen (secondary N) is 1. The van der Waals surface area contributed by atoms with E-state index in [1.54, 1.807) is 0 Å². The zero-order chi connectivity index (χ0) is 12.1. The van der Waals surface area contributed by atoms with Crippen molar-refractivity contribution in [3.63, 3.8) is 0 Å². The SMILES string of the molecule is CC(C)N(CCN1CCCNCC1)CC1CC1. The molecule has 0 spiro atoms. The van der Waals surface area contributed by atoms with Crippen molar-refractivity contribution < 1.29 is 0 Å². The molecule has 3 nitrogen and oxygen atoms in total. The summed E-state index contributed by atoms with van der Waals surface area (Å²) in [4.78, 5) is 5.30. The minimum Gasteiger partial charge on any atom is -0.315 e. The topological polar surface area (TPSA) is 18.5 Å². The van der Waals surface area contributed by atoms with Crippen LogP contribution >= 0.6 is 0 Å². The standard InChI is InChI=1S/C14H29N3/c1-13(2)17(12-14-4-5-14)11-10-16-8-3-6-15-7-9-16/h13-15H,3-12H2,1-2H3. The first-order chi connectivity index (χ1) is 8.25. The van der Waals surface area contributed by atoms with E-state index in [1.165, 1.54) is 65.1 Å². The summed E-state index contributed by atoms with van der Waals surface area (Å²) in [5.41, 5.74) is 0. The van der Waals surface area contributed by atoms with Crippen LogP contribution in [0.2, 0.25) is 0 Å². The molecule has 3 heteroatoms. The molecule has 0 aromatic carbocycles. The first-order valence-electron chi connectivity index (χ1n) is 7.43. The Kier molecular flexibility index (Phi) is 5.26. The first kappa shape index (κ1) is 13.3. The van der Waals surface area contributed by atoms with E-state index in [4.69, 9.17) is 0 Å². The molecule has 1 aliphatic carbocycles. The predicted octanol–water partition coefficient (Wildman–Crippen LogP) is 1.40. The number of hydrogen-bond acceptors (Lipinski definition) is 3. The second-order valence-electron chi connectivity index (χ2n) is 5.98. The average Bonchev–Trinajstić information content (AvgIpc) is 3.11. The van der Waals surface area contributed by atoms with Crippen LogP contribution in [-0.2, 0) is 0 Å². The fraction of sp³-hybridized carbons (Fsp3) is 1.00. The summed E-state index contributed by atoms with van der Waals surface area (Å²) < 4.78 is 0. The monoisotopic (exact) mass is 239 g/mol. The molecular formula is C14H29N3. The van der Waals surface area contributed by atoms with Crippen LogP contribution in [0.5, 0.6) is 0 Å². The number of nitrogens with zero attached hydrogens (tertiary/aromatic N) is 2. The molecule has 0 unspecified atom stereocenters. The smallest absolute Gasteiger partial charge is 0.0112 e. The van der Waals surface area contributed by atoms with Gasteiger partial charge in [0, 0.05) is 38.8 Å². The molecule has 1 N–H and O–H groups in total. The van der Waals surface area contributed by atoms with Crippen LogP contribution in [0.3, 0.4) is 0 Å². The molecule has 2 rings (SSSR count). The summed E-state index contributed by atoms with van der Waals surface area (Å²) in [6, 6.07) is 0.709. The van der Waals surface area contributed by atoms with E-state index in [9.17, 15) is 0 Å². The van der Waals surface area contributed by atoms with Crippen LogP contribution in [0, 0.1) is 5.92 Å². The number of hydrogen-bond donors (Lipinski definition) is 1. The van der Waals surface area contributed by atoms with Crippen LogP contribution in [0.15, 0.2) is 0 Å². The Hall–Kier alpha value is -0.120. The van der Waals surface area contributed by atoms with E-state index in [0.717, 1.165) is 5.92 Å². The highest BCUT2D eigenvalue weighted by molar-refractivity contribution is 4.79. The fourth-order valence-electron chi connectivity index (χ4n) is 2.59. The van der Waals surface area contributed by atoms with Gasteiger partial charge in [0.25, 0.3) is 0 Å². The van der Waals surface area contributed by atoms with Gasteiger partial charge in [-0.25, -0.2) is 0 Å². The third-order valence-electron chi connectivity index (χ3n) is 4.06.